The van der Waals surface area contributed by atoms with Gasteiger partial charge in [0.15, 0.2) is 0 Å². The highest BCUT2D eigenvalue weighted by Gasteiger charge is 2.09. The zero-order valence-corrected chi connectivity index (χ0v) is 12.7. The lowest BCUT2D eigenvalue weighted by molar-refractivity contribution is -0.137. The lowest BCUT2D eigenvalue weighted by atomic mass is 10.1. The summed E-state index contributed by atoms with van der Waals surface area (Å²) in [7, 11) is 0. The highest BCUT2D eigenvalue weighted by Crippen LogP contribution is 2.03. The average molecular weight is 300 g/mol. The largest absolute Gasteiger partial charge is 0.481 e. The van der Waals surface area contributed by atoms with Crippen LogP contribution in [0.1, 0.15) is 44.9 Å². The zero-order chi connectivity index (χ0) is 15.9. The Kier molecular flexibility index (Phi) is 12.7. The molecule has 1 amide bonds. The van der Waals surface area contributed by atoms with Crippen LogP contribution in [0.5, 0.6) is 0 Å². The zero-order valence-electron chi connectivity index (χ0n) is 12.7. The summed E-state index contributed by atoms with van der Waals surface area (Å²) in [4.78, 5) is 24.1. The lowest BCUT2D eigenvalue weighted by Gasteiger charge is -2.21. The summed E-state index contributed by atoms with van der Waals surface area (Å²) < 4.78 is 0. The summed E-state index contributed by atoms with van der Waals surface area (Å²) in [6.07, 6.45) is 6.85. The summed E-state index contributed by atoms with van der Waals surface area (Å²) in [5.74, 6) is -0.879. The number of allylic oxidation sites excluding steroid dienone is 1. The third-order valence-electron chi connectivity index (χ3n) is 3.09. The molecule has 0 saturated heterocycles. The number of hydrogen-bond donors (Lipinski definition) is 3. The molecule has 0 unspecified atom stereocenters. The first-order valence-corrected chi connectivity index (χ1v) is 7.52. The molecular weight excluding hydrogens is 272 g/mol. The maximum absolute atomic E-state index is 11.7. The molecule has 122 valence electrons. The van der Waals surface area contributed by atoms with E-state index in [2.05, 4.69) is 11.9 Å². The molecule has 0 spiro atoms. The van der Waals surface area contributed by atoms with Crippen LogP contribution >= 0.6 is 0 Å². The van der Waals surface area contributed by atoms with Gasteiger partial charge >= 0.3 is 5.97 Å². The third kappa shape index (κ3) is 13.3. The molecule has 0 aliphatic heterocycles. The van der Waals surface area contributed by atoms with E-state index in [1.165, 1.54) is 0 Å². The summed E-state index contributed by atoms with van der Waals surface area (Å²) in [6, 6.07) is 0. The SMILES string of the molecule is C=CCCCCCC(=O)NCN(CCCO)CCC(=O)O. The van der Waals surface area contributed by atoms with Gasteiger partial charge in [0.05, 0.1) is 13.1 Å². The summed E-state index contributed by atoms with van der Waals surface area (Å²) in [5.41, 5.74) is 0. The van der Waals surface area contributed by atoms with Crippen molar-refractivity contribution in [1.29, 1.82) is 0 Å². The number of carbonyl (C=O) groups is 2. The second-order valence-electron chi connectivity index (χ2n) is 4.99. The van der Waals surface area contributed by atoms with E-state index in [4.69, 9.17) is 10.2 Å². The van der Waals surface area contributed by atoms with Gasteiger partial charge < -0.3 is 15.5 Å². The van der Waals surface area contributed by atoms with Gasteiger partial charge in [-0.15, -0.1) is 6.58 Å². The van der Waals surface area contributed by atoms with Crippen LogP contribution in [0.25, 0.3) is 0 Å². The van der Waals surface area contributed by atoms with Crippen molar-refractivity contribution >= 4 is 11.9 Å². The Morgan fingerprint density at radius 2 is 1.86 bits per heavy atom. The molecule has 21 heavy (non-hydrogen) atoms. The first kappa shape index (κ1) is 19.6. The monoisotopic (exact) mass is 300 g/mol. The average Bonchev–Trinajstić information content (AvgIpc) is 2.46. The minimum atomic E-state index is -0.863. The fourth-order valence-electron chi connectivity index (χ4n) is 1.86. The van der Waals surface area contributed by atoms with Gasteiger partial charge in [0, 0.05) is 26.1 Å². The fraction of sp³-hybridized carbons (Fsp3) is 0.733. The number of carbonyl (C=O) groups excluding carboxylic acids is 1. The number of aliphatic carboxylic acids is 1. The van der Waals surface area contributed by atoms with Crippen molar-refractivity contribution in [2.75, 3.05) is 26.4 Å². The molecule has 0 aromatic carbocycles. The van der Waals surface area contributed by atoms with Gasteiger partial charge in [-0.25, -0.2) is 0 Å². The topological polar surface area (TPSA) is 89.9 Å². The summed E-state index contributed by atoms with van der Waals surface area (Å²) in [5, 5.41) is 20.3. The first-order valence-electron chi connectivity index (χ1n) is 7.52. The van der Waals surface area contributed by atoms with E-state index in [0.717, 1.165) is 25.7 Å². The second-order valence-corrected chi connectivity index (χ2v) is 4.99. The number of hydrogen-bond acceptors (Lipinski definition) is 4. The maximum atomic E-state index is 11.7. The van der Waals surface area contributed by atoms with E-state index in [0.29, 0.717) is 32.6 Å². The van der Waals surface area contributed by atoms with E-state index >= 15 is 0 Å². The Hall–Kier alpha value is -1.40. The smallest absolute Gasteiger partial charge is 0.304 e. The van der Waals surface area contributed by atoms with Crippen molar-refractivity contribution in [3.05, 3.63) is 12.7 Å². The van der Waals surface area contributed by atoms with Gasteiger partial charge in [-0.2, -0.15) is 0 Å². The van der Waals surface area contributed by atoms with E-state index in [1.807, 2.05) is 11.0 Å². The number of nitrogens with one attached hydrogen (secondary N) is 1. The van der Waals surface area contributed by atoms with Crippen LogP contribution in [0, 0.1) is 0 Å². The number of unbranched alkanes of at least 4 members (excludes halogenated alkanes) is 3. The number of amides is 1. The standard InChI is InChI=1S/C15H28N2O4/c1-2-3-4-5-6-8-14(19)16-13-17(10-7-12-18)11-9-15(20)21/h2,18H,1,3-13H2,(H,16,19)(H,20,21). The van der Waals surface area contributed by atoms with Crippen molar-refractivity contribution < 1.29 is 19.8 Å². The van der Waals surface area contributed by atoms with Crippen molar-refractivity contribution in [2.45, 2.75) is 44.9 Å². The van der Waals surface area contributed by atoms with E-state index < -0.39 is 5.97 Å². The molecule has 0 rings (SSSR count). The van der Waals surface area contributed by atoms with E-state index in [1.54, 1.807) is 0 Å². The van der Waals surface area contributed by atoms with Gasteiger partial charge in [0.25, 0.3) is 0 Å². The third-order valence-corrected chi connectivity index (χ3v) is 3.09. The Morgan fingerprint density at radius 1 is 1.10 bits per heavy atom. The lowest BCUT2D eigenvalue weighted by Crippen LogP contribution is -2.39. The second kappa shape index (κ2) is 13.6. The number of nitrogens with zero attached hydrogens (tertiary/aromatic N) is 1. The highest BCUT2D eigenvalue weighted by atomic mass is 16.4. The number of aliphatic hydroxyl groups excluding tert-OH is 1. The number of aliphatic hydroxyl groups is 1. The molecular formula is C15H28N2O4. The van der Waals surface area contributed by atoms with Crippen LogP contribution < -0.4 is 5.32 Å². The van der Waals surface area contributed by atoms with Gasteiger partial charge in [0.2, 0.25) is 5.91 Å². The molecule has 0 aliphatic rings. The molecule has 0 aromatic heterocycles. The van der Waals surface area contributed by atoms with Crippen molar-refractivity contribution in [2.24, 2.45) is 0 Å². The first-order chi connectivity index (χ1) is 10.1. The molecule has 3 N–H and O–H groups in total. The number of carboxylic acid groups (broad SMARTS) is 1. The van der Waals surface area contributed by atoms with Gasteiger partial charge in [-0.05, 0) is 25.7 Å². The van der Waals surface area contributed by atoms with Crippen molar-refractivity contribution in [3.63, 3.8) is 0 Å². The minimum Gasteiger partial charge on any atom is -0.481 e. The predicted octanol–water partition coefficient (Wildman–Crippen LogP) is 1.36. The Balaban J connectivity index is 3.83. The van der Waals surface area contributed by atoms with Gasteiger partial charge in [-0.3, -0.25) is 14.5 Å². The van der Waals surface area contributed by atoms with Crippen LogP contribution in [0.15, 0.2) is 12.7 Å². The Morgan fingerprint density at radius 3 is 2.48 bits per heavy atom. The van der Waals surface area contributed by atoms with Crippen molar-refractivity contribution in [3.8, 4) is 0 Å². The molecule has 0 aromatic rings. The molecule has 0 heterocycles. The molecule has 0 aliphatic carbocycles. The minimum absolute atomic E-state index is 0.0158. The quantitative estimate of drug-likeness (QED) is 0.256. The normalized spacial score (nSPS) is 10.6. The molecule has 0 fully saturated rings. The van der Waals surface area contributed by atoms with Crippen LogP contribution in [0.4, 0.5) is 0 Å². The molecule has 0 radical (unpaired) electrons. The van der Waals surface area contributed by atoms with E-state index in [-0.39, 0.29) is 18.9 Å². The number of rotatable bonds is 14. The van der Waals surface area contributed by atoms with Crippen LogP contribution in [-0.4, -0.2) is 53.4 Å². The summed E-state index contributed by atoms with van der Waals surface area (Å²) in [6.45, 7) is 4.98. The molecule has 6 heteroatoms. The van der Waals surface area contributed by atoms with Crippen LogP contribution in [-0.2, 0) is 9.59 Å². The van der Waals surface area contributed by atoms with Gasteiger partial charge in [-0.1, -0.05) is 12.5 Å². The van der Waals surface area contributed by atoms with Crippen molar-refractivity contribution in [1.82, 2.24) is 10.2 Å². The van der Waals surface area contributed by atoms with E-state index in [9.17, 15) is 9.59 Å². The molecule has 0 atom stereocenters. The van der Waals surface area contributed by atoms with Crippen LogP contribution in [0.3, 0.4) is 0 Å². The molecule has 0 bridgehead atoms. The Bertz CT molecular complexity index is 308. The summed E-state index contributed by atoms with van der Waals surface area (Å²) >= 11 is 0. The Labute approximate surface area is 126 Å². The maximum Gasteiger partial charge on any atom is 0.304 e. The predicted molar refractivity (Wildman–Crippen MR) is 81.8 cm³/mol. The molecule has 0 saturated carbocycles. The highest BCUT2D eigenvalue weighted by molar-refractivity contribution is 5.75. The number of carboxylic acids is 1. The fourth-order valence-corrected chi connectivity index (χ4v) is 1.86. The molecule has 6 nitrogen and oxygen atoms in total. The van der Waals surface area contributed by atoms with Crippen LogP contribution in [0.2, 0.25) is 0 Å². The van der Waals surface area contributed by atoms with Gasteiger partial charge in [0.1, 0.15) is 0 Å².